The first-order chi connectivity index (χ1) is 7.74. The van der Waals surface area contributed by atoms with Crippen LogP contribution in [0.25, 0.3) is 0 Å². The maximum Gasteiger partial charge on any atom is 0.223 e. The molecule has 16 heavy (non-hydrogen) atoms. The van der Waals surface area contributed by atoms with Crippen molar-refractivity contribution in [2.45, 2.75) is 38.5 Å². The predicted molar refractivity (Wildman–Crippen MR) is 61.7 cm³/mol. The summed E-state index contributed by atoms with van der Waals surface area (Å²) in [6.07, 6.45) is 8.50. The minimum atomic E-state index is 0.326. The predicted octanol–water partition coefficient (Wildman–Crippen LogP) is 2.19. The molecule has 2 heteroatoms. The molecule has 5 rings (SSSR count). The second-order valence-electron chi connectivity index (χ2n) is 6.79. The smallest absolute Gasteiger partial charge is 0.223 e. The van der Waals surface area contributed by atoms with E-state index in [0.29, 0.717) is 17.2 Å². The third-order valence-corrected chi connectivity index (χ3v) is 6.27. The summed E-state index contributed by atoms with van der Waals surface area (Å²) in [5.74, 6) is 4.58. The zero-order chi connectivity index (χ0) is 10.9. The molecule has 0 saturated heterocycles. The van der Waals surface area contributed by atoms with Crippen molar-refractivity contribution >= 4 is 5.91 Å². The number of hydrogen-bond donors (Lipinski definition) is 1. The standard InChI is InChI=1S/C14H21NO/c1-15-13(16)12-7-14(12)10-3-8-2-9(5-10)6-11(14)4-8/h8-12H,2-7H2,1H3,(H,15,16)/t8?,9?,10?,11?,12-,14?/m0/s1. The molecule has 1 spiro atoms. The van der Waals surface area contributed by atoms with Gasteiger partial charge in [-0.05, 0) is 67.6 Å². The molecule has 5 fully saturated rings. The maximum absolute atomic E-state index is 11.9. The van der Waals surface area contributed by atoms with Crippen molar-refractivity contribution in [1.29, 1.82) is 0 Å². The van der Waals surface area contributed by atoms with Crippen LogP contribution in [0, 0.1) is 35.0 Å². The van der Waals surface area contributed by atoms with Gasteiger partial charge in [-0.1, -0.05) is 0 Å². The Kier molecular flexibility index (Phi) is 1.68. The SMILES string of the molecule is CNC(=O)[C@@H]1CC12C1CC3CC(C1)CC2C3. The topological polar surface area (TPSA) is 29.1 Å². The molecule has 2 nitrogen and oxygen atoms in total. The Balaban J connectivity index is 1.64. The minimum absolute atomic E-state index is 0.326. The third-order valence-electron chi connectivity index (χ3n) is 6.27. The van der Waals surface area contributed by atoms with Crippen LogP contribution in [0.15, 0.2) is 0 Å². The average Bonchev–Trinajstić information content (AvgIpc) is 3.00. The normalized spacial score (nSPS) is 56.7. The van der Waals surface area contributed by atoms with Gasteiger partial charge in [0.25, 0.3) is 0 Å². The van der Waals surface area contributed by atoms with Crippen LogP contribution >= 0.6 is 0 Å². The molecule has 0 aromatic heterocycles. The molecule has 0 aromatic carbocycles. The van der Waals surface area contributed by atoms with Gasteiger partial charge in [0, 0.05) is 13.0 Å². The van der Waals surface area contributed by atoms with E-state index in [9.17, 15) is 4.79 Å². The molecule has 0 aromatic rings. The van der Waals surface area contributed by atoms with Crippen LogP contribution in [0.3, 0.4) is 0 Å². The number of carbonyl (C=O) groups is 1. The Morgan fingerprint density at radius 3 is 2.12 bits per heavy atom. The van der Waals surface area contributed by atoms with E-state index in [2.05, 4.69) is 5.32 Å². The van der Waals surface area contributed by atoms with Gasteiger partial charge < -0.3 is 5.32 Å². The van der Waals surface area contributed by atoms with E-state index in [4.69, 9.17) is 0 Å². The van der Waals surface area contributed by atoms with Crippen LogP contribution in [0.1, 0.15) is 38.5 Å². The molecule has 5 aliphatic rings. The highest BCUT2D eigenvalue weighted by molar-refractivity contribution is 5.82. The van der Waals surface area contributed by atoms with Gasteiger partial charge in [-0.2, -0.15) is 0 Å². The fourth-order valence-electron chi connectivity index (χ4n) is 5.77. The maximum atomic E-state index is 11.9. The molecular weight excluding hydrogens is 198 g/mol. The zero-order valence-electron chi connectivity index (χ0n) is 10.0. The van der Waals surface area contributed by atoms with Crippen LogP contribution in [-0.4, -0.2) is 13.0 Å². The average molecular weight is 219 g/mol. The van der Waals surface area contributed by atoms with Crippen molar-refractivity contribution in [2.75, 3.05) is 7.05 Å². The molecule has 88 valence electrons. The number of hydrogen-bond acceptors (Lipinski definition) is 1. The highest BCUT2D eigenvalue weighted by atomic mass is 16.2. The van der Waals surface area contributed by atoms with E-state index in [0.717, 1.165) is 23.7 Å². The Morgan fingerprint density at radius 1 is 1.06 bits per heavy atom. The molecule has 5 saturated carbocycles. The fraction of sp³-hybridized carbons (Fsp3) is 0.929. The fourth-order valence-corrected chi connectivity index (χ4v) is 5.77. The molecule has 1 amide bonds. The summed E-state index contributed by atoms with van der Waals surface area (Å²) in [5, 5.41) is 2.87. The molecule has 4 bridgehead atoms. The lowest BCUT2D eigenvalue weighted by molar-refractivity contribution is -0.126. The summed E-state index contributed by atoms with van der Waals surface area (Å²) in [5.41, 5.74) is 0.480. The van der Waals surface area contributed by atoms with Gasteiger partial charge in [0.1, 0.15) is 0 Å². The first-order valence-electron chi connectivity index (χ1n) is 6.95. The van der Waals surface area contributed by atoms with Crippen LogP contribution < -0.4 is 5.32 Å². The Morgan fingerprint density at radius 2 is 1.62 bits per heavy atom. The van der Waals surface area contributed by atoms with Gasteiger partial charge in [-0.3, -0.25) is 4.79 Å². The van der Waals surface area contributed by atoms with Crippen molar-refractivity contribution in [3.63, 3.8) is 0 Å². The highest BCUT2D eigenvalue weighted by Gasteiger charge is 2.70. The first kappa shape index (κ1) is 9.49. The minimum Gasteiger partial charge on any atom is -0.359 e. The first-order valence-corrected chi connectivity index (χ1v) is 6.95. The van der Waals surface area contributed by atoms with Crippen molar-refractivity contribution in [3.8, 4) is 0 Å². The van der Waals surface area contributed by atoms with Crippen molar-refractivity contribution in [1.82, 2.24) is 5.32 Å². The lowest BCUT2D eigenvalue weighted by atomic mass is 9.49. The van der Waals surface area contributed by atoms with E-state index in [1.807, 2.05) is 0 Å². The number of carbonyl (C=O) groups excluding carboxylic acids is 1. The van der Waals surface area contributed by atoms with Gasteiger partial charge >= 0.3 is 0 Å². The van der Waals surface area contributed by atoms with Crippen molar-refractivity contribution < 1.29 is 4.79 Å². The number of amides is 1. The highest BCUT2D eigenvalue weighted by Crippen LogP contribution is 2.74. The third kappa shape index (κ3) is 0.970. The monoisotopic (exact) mass is 219 g/mol. The Hall–Kier alpha value is -0.530. The van der Waals surface area contributed by atoms with Crippen LogP contribution in [0.2, 0.25) is 0 Å². The number of rotatable bonds is 1. The summed E-state index contributed by atoms with van der Waals surface area (Å²) in [6, 6.07) is 0. The molecule has 5 aliphatic carbocycles. The summed E-state index contributed by atoms with van der Waals surface area (Å²) >= 11 is 0. The second-order valence-corrected chi connectivity index (χ2v) is 6.79. The lowest BCUT2D eigenvalue weighted by Gasteiger charge is -2.55. The molecule has 0 unspecified atom stereocenters. The molecular formula is C14H21NO. The Labute approximate surface area is 97.2 Å². The van der Waals surface area contributed by atoms with Crippen molar-refractivity contribution in [3.05, 3.63) is 0 Å². The quantitative estimate of drug-likeness (QED) is 0.719. The second kappa shape index (κ2) is 2.83. The van der Waals surface area contributed by atoms with E-state index in [-0.39, 0.29) is 0 Å². The lowest BCUT2D eigenvalue weighted by Crippen LogP contribution is -2.48. The van der Waals surface area contributed by atoms with E-state index in [1.54, 1.807) is 7.05 Å². The summed E-state index contributed by atoms with van der Waals surface area (Å²) in [7, 11) is 1.80. The van der Waals surface area contributed by atoms with Gasteiger partial charge in [-0.15, -0.1) is 0 Å². The van der Waals surface area contributed by atoms with Gasteiger partial charge in [0.15, 0.2) is 0 Å². The van der Waals surface area contributed by atoms with E-state index in [1.165, 1.54) is 38.5 Å². The molecule has 0 aliphatic heterocycles. The zero-order valence-corrected chi connectivity index (χ0v) is 10.0. The van der Waals surface area contributed by atoms with Crippen molar-refractivity contribution in [2.24, 2.45) is 35.0 Å². The van der Waals surface area contributed by atoms with Crippen LogP contribution in [-0.2, 0) is 4.79 Å². The molecule has 0 radical (unpaired) electrons. The molecule has 1 N–H and O–H groups in total. The van der Waals surface area contributed by atoms with Gasteiger partial charge in [0.05, 0.1) is 0 Å². The Bertz CT molecular complexity index is 321. The van der Waals surface area contributed by atoms with Gasteiger partial charge in [-0.25, -0.2) is 0 Å². The molecule has 1 atom stereocenters. The summed E-state index contributed by atoms with van der Waals surface area (Å²) < 4.78 is 0. The number of nitrogens with one attached hydrogen (secondary N) is 1. The van der Waals surface area contributed by atoms with Crippen LogP contribution in [0.4, 0.5) is 0 Å². The van der Waals surface area contributed by atoms with Gasteiger partial charge in [0.2, 0.25) is 5.91 Å². The summed E-state index contributed by atoms with van der Waals surface area (Å²) in [4.78, 5) is 11.9. The largest absolute Gasteiger partial charge is 0.359 e. The molecule has 0 heterocycles. The van der Waals surface area contributed by atoms with Crippen LogP contribution in [0.5, 0.6) is 0 Å². The summed E-state index contributed by atoms with van der Waals surface area (Å²) in [6.45, 7) is 0. The van der Waals surface area contributed by atoms with E-state index >= 15 is 0 Å². The van der Waals surface area contributed by atoms with E-state index < -0.39 is 0 Å².